The van der Waals surface area contributed by atoms with Gasteiger partial charge in [-0.3, -0.25) is 14.3 Å². The molecule has 10 heteroatoms. The number of sulfonamides is 1. The highest BCUT2D eigenvalue weighted by atomic mass is 32.2. The Kier molecular flexibility index (Phi) is 6.94. The van der Waals surface area contributed by atoms with E-state index in [2.05, 4.69) is 4.72 Å². The molecule has 0 spiro atoms. The second kappa shape index (κ2) is 10.6. The van der Waals surface area contributed by atoms with Crippen LogP contribution in [-0.2, 0) is 21.4 Å². The van der Waals surface area contributed by atoms with Crippen LogP contribution in [-0.4, -0.2) is 57.6 Å². The number of pyridine rings is 1. The van der Waals surface area contributed by atoms with Gasteiger partial charge in [-0.05, 0) is 48.7 Å². The van der Waals surface area contributed by atoms with Crippen LogP contribution >= 0.6 is 0 Å². The van der Waals surface area contributed by atoms with E-state index >= 15 is 0 Å². The lowest BCUT2D eigenvalue weighted by molar-refractivity contribution is -0.136. The van der Waals surface area contributed by atoms with Gasteiger partial charge in [0.05, 0.1) is 4.90 Å². The van der Waals surface area contributed by atoms with Gasteiger partial charge in [-0.25, -0.2) is 8.42 Å². The molecule has 41 heavy (non-hydrogen) atoms. The monoisotopic (exact) mass is 572 g/mol. The minimum absolute atomic E-state index is 0.0101. The van der Waals surface area contributed by atoms with E-state index in [1.54, 1.807) is 28.8 Å². The quantitative estimate of drug-likeness (QED) is 0.361. The topological polar surface area (TPSA) is 101 Å². The van der Waals surface area contributed by atoms with Crippen molar-refractivity contribution < 1.29 is 17.9 Å². The standard InChI is InChI=1S/C31H32N4O5S/c1-33(2)28-12-6-11-25-24(28)10-7-13-29(25)41(38,39)32-26-14-15-27-22-16-21(18-35(27)31(26)37)17-34(19-22)30(36)20-40-23-8-4-3-5-9-23/h3-15,21-22,32H,16-20H2,1-2H3/t21-,22+/m0/s1. The summed E-state index contributed by atoms with van der Waals surface area (Å²) in [6, 6.07) is 23.3. The molecule has 1 saturated heterocycles. The van der Waals surface area contributed by atoms with Gasteiger partial charge in [-0.2, -0.15) is 0 Å². The number of aromatic nitrogens is 1. The second-order valence-electron chi connectivity index (χ2n) is 10.9. The summed E-state index contributed by atoms with van der Waals surface area (Å²) in [5.74, 6) is 0.640. The third-order valence-electron chi connectivity index (χ3n) is 7.94. The lowest BCUT2D eigenvalue weighted by Gasteiger charge is -2.42. The number of rotatable bonds is 7. The Balaban J connectivity index is 1.23. The Morgan fingerprint density at radius 3 is 2.46 bits per heavy atom. The van der Waals surface area contributed by atoms with Crippen LogP contribution < -0.4 is 19.9 Å². The van der Waals surface area contributed by atoms with Crippen molar-refractivity contribution in [3.63, 3.8) is 0 Å². The van der Waals surface area contributed by atoms with Crippen molar-refractivity contribution in [2.45, 2.75) is 23.8 Å². The van der Waals surface area contributed by atoms with Crippen molar-refractivity contribution in [3.8, 4) is 5.75 Å². The van der Waals surface area contributed by atoms with E-state index in [9.17, 15) is 18.0 Å². The van der Waals surface area contributed by atoms with E-state index in [1.807, 2.05) is 78.5 Å². The van der Waals surface area contributed by atoms with Gasteiger partial charge in [0.1, 0.15) is 11.4 Å². The molecule has 2 bridgehead atoms. The fourth-order valence-corrected chi connectivity index (χ4v) is 7.35. The van der Waals surface area contributed by atoms with Gasteiger partial charge in [-0.15, -0.1) is 0 Å². The first-order valence-electron chi connectivity index (χ1n) is 13.6. The van der Waals surface area contributed by atoms with Crippen LogP contribution in [0.15, 0.2) is 88.6 Å². The maximum Gasteiger partial charge on any atom is 0.275 e. The number of para-hydroxylation sites is 1. The fraction of sp³-hybridized carbons (Fsp3) is 0.290. The molecule has 1 aromatic heterocycles. The molecule has 2 aliphatic rings. The molecule has 0 aliphatic carbocycles. The number of carbonyl (C=O) groups is 1. The van der Waals surface area contributed by atoms with Gasteiger partial charge in [0.25, 0.3) is 21.5 Å². The molecule has 0 saturated carbocycles. The molecule has 1 N–H and O–H groups in total. The Morgan fingerprint density at radius 2 is 1.68 bits per heavy atom. The fourth-order valence-electron chi connectivity index (χ4n) is 6.07. The molecule has 1 amide bonds. The summed E-state index contributed by atoms with van der Waals surface area (Å²) >= 11 is 0. The molecule has 1 fully saturated rings. The summed E-state index contributed by atoms with van der Waals surface area (Å²) in [5.41, 5.74) is 1.36. The number of nitrogens with one attached hydrogen (secondary N) is 1. The molecule has 0 unspecified atom stereocenters. The number of nitrogens with zero attached hydrogens (tertiary/aromatic N) is 3. The number of anilines is 2. The van der Waals surface area contributed by atoms with Crippen molar-refractivity contribution in [2.75, 3.05) is 43.4 Å². The number of benzene rings is 3. The van der Waals surface area contributed by atoms with E-state index in [4.69, 9.17) is 4.74 Å². The Bertz CT molecular complexity index is 1790. The average molecular weight is 573 g/mol. The Labute approximate surface area is 239 Å². The largest absolute Gasteiger partial charge is 0.484 e. The zero-order valence-corrected chi connectivity index (χ0v) is 23.8. The lowest BCUT2D eigenvalue weighted by atomic mass is 9.83. The van der Waals surface area contributed by atoms with Crippen LogP contribution in [0, 0.1) is 5.92 Å². The first kappa shape index (κ1) is 26.9. The first-order chi connectivity index (χ1) is 19.7. The number of piperidine rings is 1. The number of likely N-dealkylation sites (tertiary alicyclic amines) is 1. The molecule has 4 aromatic rings. The van der Waals surface area contributed by atoms with Crippen LogP contribution in [0.25, 0.3) is 10.8 Å². The second-order valence-corrected chi connectivity index (χ2v) is 12.6. The molecular weight excluding hydrogens is 540 g/mol. The van der Waals surface area contributed by atoms with Crippen molar-refractivity contribution in [1.82, 2.24) is 9.47 Å². The molecule has 2 atom stereocenters. The number of carbonyl (C=O) groups excluding carboxylic acids is 1. The normalized spacial score (nSPS) is 18.0. The zero-order chi connectivity index (χ0) is 28.7. The predicted octanol–water partition coefficient (Wildman–Crippen LogP) is 3.89. The van der Waals surface area contributed by atoms with Crippen LogP contribution in [0.1, 0.15) is 18.0 Å². The summed E-state index contributed by atoms with van der Waals surface area (Å²) in [7, 11) is -0.232. The minimum atomic E-state index is -4.05. The van der Waals surface area contributed by atoms with Crippen molar-refractivity contribution in [1.29, 1.82) is 0 Å². The summed E-state index contributed by atoms with van der Waals surface area (Å²) in [6.45, 7) is 1.40. The molecule has 0 radical (unpaired) electrons. The Hall–Kier alpha value is -4.31. The van der Waals surface area contributed by atoms with Gasteiger partial charge in [0, 0.05) is 61.8 Å². The highest BCUT2D eigenvalue weighted by Crippen LogP contribution is 2.36. The van der Waals surface area contributed by atoms with E-state index in [0.29, 0.717) is 30.8 Å². The molecule has 3 heterocycles. The Morgan fingerprint density at radius 1 is 0.927 bits per heavy atom. The van der Waals surface area contributed by atoms with Crippen LogP contribution in [0.3, 0.4) is 0 Å². The third kappa shape index (κ3) is 5.15. The average Bonchev–Trinajstić information content (AvgIpc) is 2.97. The van der Waals surface area contributed by atoms with Crippen molar-refractivity contribution >= 4 is 38.1 Å². The number of hydrogen-bond donors (Lipinski definition) is 1. The molecule has 3 aromatic carbocycles. The minimum Gasteiger partial charge on any atom is -0.484 e. The van der Waals surface area contributed by atoms with E-state index in [0.717, 1.165) is 23.2 Å². The molecule has 2 aliphatic heterocycles. The number of hydrogen-bond acceptors (Lipinski definition) is 6. The van der Waals surface area contributed by atoms with E-state index in [1.165, 1.54) is 0 Å². The lowest BCUT2D eigenvalue weighted by Crippen LogP contribution is -2.50. The van der Waals surface area contributed by atoms with Gasteiger partial charge in [0.15, 0.2) is 6.61 Å². The van der Waals surface area contributed by atoms with Gasteiger partial charge in [0.2, 0.25) is 0 Å². The third-order valence-corrected chi connectivity index (χ3v) is 9.36. The van der Waals surface area contributed by atoms with Crippen LogP contribution in [0.5, 0.6) is 5.75 Å². The molecular formula is C31H32N4O5S. The highest BCUT2D eigenvalue weighted by molar-refractivity contribution is 7.93. The summed E-state index contributed by atoms with van der Waals surface area (Å²) in [5, 5.41) is 1.39. The summed E-state index contributed by atoms with van der Waals surface area (Å²) < 4.78 is 37.0. The molecule has 6 rings (SSSR count). The highest BCUT2D eigenvalue weighted by Gasteiger charge is 2.37. The smallest absolute Gasteiger partial charge is 0.275 e. The van der Waals surface area contributed by atoms with Crippen LogP contribution in [0.2, 0.25) is 0 Å². The zero-order valence-electron chi connectivity index (χ0n) is 23.0. The van der Waals surface area contributed by atoms with Crippen molar-refractivity contribution in [2.24, 2.45) is 5.92 Å². The predicted molar refractivity (Wildman–Crippen MR) is 159 cm³/mol. The summed E-state index contributed by atoms with van der Waals surface area (Å²) in [4.78, 5) is 30.4. The maximum absolute atomic E-state index is 13.6. The number of amides is 1. The molecule has 9 nitrogen and oxygen atoms in total. The van der Waals surface area contributed by atoms with E-state index < -0.39 is 10.0 Å². The van der Waals surface area contributed by atoms with Gasteiger partial charge >= 0.3 is 0 Å². The number of ether oxygens (including phenoxy) is 1. The van der Waals surface area contributed by atoms with E-state index in [-0.39, 0.29) is 40.5 Å². The summed E-state index contributed by atoms with van der Waals surface area (Å²) in [6.07, 6.45) is 0.873. The number of fused-ring (bicyclic) bond motifs is 5. The van der Waals surface area contributed by atoms with Crippen LogP contribution in [0.4, 0.5) is 11.4 Å². The SMILES string of the molecule is CN(C)c1cccc2c(S(=O)(=O)Nc3ccc4n(c3=O)C[C@H]3C[C@@H]4CN(C(=O)COc4ccccc4)C3)cccc12. The van der Waals surface area contributed by atoms with Gasteiger partial charge in [-0.1, -0.05) is 42.5 Å². The van der Waals surface area contributed by atoms with Crippen molar-refractivity contribution in [3.05, 3.63) is 94.9 Å². The molecule has 212 valence electrons. The maximum atomic E-state index is 13.6. The van der Waals surface area contributed by atoms with Gasteiger partial charge < -0.3 is 19.1 Å². The first-order valence-corrected chi connectivity index (χ1v) is 15.1.